The Morgan fingerprint density at radius 2 is 0.463 bits per heavy atom. The Hall–Kier alpha value is 1.01. The van der Waals surface area contributed by atoms with E-state index in [1.807, 2.05) is 0 Å². The zero-order chi connectivity index (χ0) is 29.5. The van der Waals surface area contributed by atoms with Crippen LogP contribution >= 0.6 is 0 Å². The molecule has 5 heteroatoms. The van der Waals surface area contributed by atoms with Crippen molar-refractivity contribution in [3.63, 3.8) is 0 Å². The van der Waals surface area contributed by atoms with E-state index in [0.29, 0.717) is 0 Å². The molecule has 0 aliphatic carbocycles. The molecule has 0 aromatic heterocycles. The second-order valence-electron chi connectivity index (χ2n) is 12.8. The Morgan fingerprint density at radius 3 is 0.610 bits per heavy atom. The third kappa shape index (κ3) is 26.0. The van der Waals surface area contributed by atoms with E-state index >= 15 is 0 Å². The molecule has 0 spiro atoms. The van der Waals surface area contributed by atoms with Gasteiger partial charge in [-0.2, -0.15) is 0 Å². The Balaban J connectivity index is -0.00000760. The molecule has 0 radical (unpaired) electrons. The first-order valence-electron chi connectivity index (χ1n) is 18.9. The Bertz CT molecular complexity index is 386. The summed E-state index contributed by atoms with van der Waals surface area (Å²) in [7, 11) is 0. The third-order valence-electron chi connectivity index (χ3n) is 8.77. The van der Waals surface area contributed by atoms with Crippen molar-refractivity contribution in [2.24, 2.45) is 0 Å². The average Bonchev–Trinajstić information content (AvgIpc) is 2.96. The fraction of sp³-hybridized carbons (Fsp3) is 1.00. The van der Waals surface area contributed by atoms with Gasteiger partial charge in [0.2, 0.25) is 0 Å². The predicted molar refractivity (Wildman–Crippen MR) is 186 cm³/mol. The minimum absolute atomic E-state index is 0. The van der Waals surface area contributed by atoms with Crippen molar-refractivity contribution in [3.8, 4) is 0 Å². The van der Waals surface area contributed by atoms with Gasteiger partial charge in [-0.3, -0.25) is 0 Å². The van der Waals surface area contributed by atoms with Gasteiger partial charge < -0.3 is 13.1 Å². The molecular weight excluding hydrogens is 508 g/mol. The molecule has 0 unspecified atom stereocenters. The first-order chi connectivity index (χ1) is 19.7. The SMILES string of the molecule is CCCCCC[N](CCCCCC)[Al]([N](CCCCCC)CCCCCC)[N](CCCCCC)CCCCCC.[H-].[Li+]. The molecule has 41 heavy (non-hydrogen) atoms. The summed E-state index contributed by atoms with van der Waals surface area (Å²) in [4.78, 5) is 0. The van der Waals surface area contributed by atoms with Crippen LogP contribution in [-0.2, 0) is 0 Å². The van der Waals surface area contributed by atoms with E-state index in [9.17, 15) is 0 Å². The van der Waals surface area contributed by atoms with Gasteiger partial charge in [-0.15, -0.1) is 0 Å². The zero-order valence-corrected chi connectivity index (χ0v) is 31.3. The molecule has 0 saturated heterocycles. The third-order valence-corrected chi connectivity index (χ3v) is 12.3. The molecular formula is C36H79AlLiN3. The molecule has 0 aliphatic rings. The summed E-state index contributed by atoms with van der Waals surface area (Å²) < 4.78 is 9.39. The van der Waals surface area contributed by atoms with Crippen LogP contribution in [0.1, 0.15) is 197 Å². The normalized spacial score (nSPS) is 11.6. The Morgan fingerprint density at radius 1 is 0.293 bits per heavy atom. The van der Waals surface area contributed by atoms with Gasteiger partial charge in [0, 0.05) is 0 Å². The maximum Gasteiger partial charge on any atom is 1.00 e. The maximum atomic E-state index is 3.13. The van der Waals surface area contributed by atoms with Gasteiger partial charge in [0.05, 0.1) is 0 Å². The van der Waals surface area contributed by atoms with Gasteiger partial charge in [-0.05, 0) is 77.8 Å². The van der Waals surface area contributed by atoms with Crippen LogP contribution in [0.5, 0.6) is 0 Å². The van der Waals surface area contributed by atoms with Crippen molar-refractivity contribution < 1.29 is 20.3 Å². The van der Waals surface area contributed by atoms with Crippen LogP contribution in [0.15, 0.2) is 0 Å². The minimum Gasteiger partial charge on any atom is -1.00 e. The quantitative estimate of drug-likeness (QED) is 0.0563. The van der Waals surface area contributed by atoms with E-state index in [0.717, 1.165) is 0 Å². The van der Waals surface area contributed by atoms with Gasteiger partial charge in [-0.1, -0.05) is 157 Å². The van der Waals surface area contributed by atoms with Gasteiger partial charge >= 0.3 is 33.7 Å². The molecule has 0 saturated carbocycles. The van der Waals surface area contributed by atoms with Crippen LogP contribution < -0.4 is 18.9 Å². The van der Waals surface area contributed by atoms with Crippen molar-refractivity contribution in [1.82, 2.24) is 11.7 Å². The first kappa shape index (κ1) is 44.1. The van der Waals surface area contributed by atoms with Crippen LogP contribution in [0.2, 0.25) is 0 Å². The first-order valence-corrected chi connectivity index (χ1v) is 20.5. The smallest absolute Gasteiger partial charge is 1.00 e. The molecule has 3 nitrogen and oxygen atoms in total. The van der Waals surface area contributed by atoms with Crippen LogP contribution in [-0.4, -0.2) is 65.7 Å². The van der Waals surface area contributed by atoms with E-state index in [4.69, 9.17) is 0 Å². The number of rotatable bonds is 33. The molecule has 0 bridgehead atoms. The van der Waals surface area contributed by atoms with Crippen molar-refractivity contribution in [1.29, 1.82) is 0 Å². The van der Waals surface area contributed by atoms with Gasteiger partial charge in [-0.25, -0.2) is 0 Å². The fourth-order valence-corrected chi connectivity index (χ4v) is 10.0. The van der Waals surface area contributed by atoms with E-state index in [1.54, 1.807) is 0 Å². The van der Waals surface area contributed by atoms with Crippen LogP contribution in [0.3, 0.4) is 0 Å². The summed E-state index contributed by atoms with van der Waals surface area (Å²) in [5, 5.41) is 0. The predicted octanol–water partition coefficient (Wildman–Crippen LogP) is 8.48. The van der Waals surface area contributed by atoms with Crippen molar-refractivity contribution in [2.45, 2.75) is 196 Å². The van der Waals surface area contributed by atoms with Crippen LogP contribution in [0.25, 0.3) is 0 Å². The van der Waals surface area contributed by atoms with E-state index in [2.05, 4.69) is 53.2 Å². The topological polar surface area (TPSA) is 9.72 Å². The van der Waals surface area contributed by atoms with Gasteiger partial charge in [0.25, 0.3) is 0 Å². The van der Waals surface area contributed by atoms with E-state index in [1.165, 1.54) is 193 Å². The number of unbranched alkanes of at least 4 members (excludes halogenated alkanes) is 18. The molecule has 0 fully saturated rings. The molecule has 0 aliphatic heterocycles. The summed E-state index contributed by atoms with van der Waals surface area (Å²) in [6.07, 6.45) is 33.5. The molecule has 0 amide bonds. The molecule has 0 rings (SSSR count). The van der Waals surface area contributed by atoms with E-state index < -0.39 is 14.8 Å². The van der Waals surface area contributed by atoms with Crippen molar-refractivity contribution in [2.75, 3.05) is 39.3 Å². The number of hydrogen-bond donors (Lipinski definition) is 0. The van der Waals surface area contributed by atoms with Crippen LogP contribution in [0.4, 0.5) is 0 Å². The zero-order valence-electron chi connectivity index (χ0n) is 31.1. The molecule has 0 heterocycles. The van der Waals surface area contributed by atoms with Gasteiger partial charge in [0.1, 0.15) is 0 Å². The summed E-state index contributed by atoms with van der Waals surface area (Å²) >= 11 is -1.39. The minimum atomic E-state index is -1.39. The molecule has 0 aromatic rings. The summed E-state index contributed by atoms with van der Waals surface area (Å²) in [5.74, 6) is 0. The molecule has 0 aromatic carbocycles. The Labute approximate surface area is 280 Å². The van der Waals surface area contributed by atoms with Crippen molar-refractivity contribution in [3.05, 3.63) is 0 Å². The maximum absolute atomic E-state index is 3.13. The monoisotopic (exact) mass is 588 g/mol. The van der Waals surface area contributed by atoms with E-state index in [-0.39, 0.29) is 20.3 Å². The van der Waals surface area contributed by atoms with Crippen molar-refractivity contribution >= 4 is 14.8 Å². The summed E-state index contributed by atoms with van der Waals surface area (Å²) in [6, 6.07) is 0. The Kier molecular flexibility index (Phi) is 38.2. The molecule has 0 N–H and O–H groups in total. The number of hydrogen-bond acceptors (Lipinski definition) is 3. The summed E-state index contributed by atoms with van der Waals surface area (Å²) in [5.41, 5.74) is 0. The molecule has 0 atom stereocenters. The van der Waals surface area contributed by atoms with Crippen LogP contribution in [0, 0.1) is 0 Å². The summed E-state index contributed by atoms with van der Waals surface area (Å²) in [6.45, 7) is 22.3. The standard InChI is InChI=1S/3C12H26N.Al.Li.H/c3*1-3-5-7-9-11-13-12-10-8-6-4-2;;;/h3*3-12H2,1-2H3;;;/q3*-1;+3;+1;-1. The fourth-order valence-electron chi connectivity index (χ4n) is 6.17. The largest absolute Gasteiger partial charge is 1.00 e. The molecule has 242 valence electrons. The number of nitrogens with zero attached hydrogens (tertiary/aromatic N) is 3. The average molecular weight is 588 g/mol. The second kappa shape index (κ2) is 35.5. The second-order valence-corrected chi connectivity index (χ2v) is 15.7. The van der Waals surface area contributed by atoms with Gasteiger partial charge in [0.15, 0.2) is 0 Å².